The highest BCUT2D eigenvalue weighted by atomic mass is 19.1. The highest BCUT2D eigenvalue weighted by Crippen LogP contribution is 2.31. The van der Waals surface area contributed by atoms with E-state index in [1.807, 2.05) is 26.0 Å². The lowest BCUT2D eigenvalue weighted by atomic mass is 9.93. The first-order valence-corrected chi connectivity index (χ1v) is 11.9. The number of amides is 2. The zero-order valence-electron chi connectivity index (χ0n) is 20.6. The summed E-state index contributed by atoms with van der Waals surface area (Å²) in [4.78, 5) is 25.5. The highest BCUT2D eigenvalue weighted by molar-refractivity contribution is 6.09. The Hall–Kier alpha value is -4.27. The Balaban J connectivity index is 1.33. The predicted molar refractivity (Wildman–Crippen MR) is 135 cm³/mol. The van der Waals surface area contributed by atoms with Crippen molar-refractivity contribution in [1.29, 1.82) is 0 Å². The fraction of sp³-hybridized carbons (Fsp3) is 0.250. The Labute approximate surface area is 211 Å². The van der Waals surface area contributed by atoms with Crippen LogP contribution in [0.25, 0.3) is 11.0 Å². The number of carbonyl (C=O) groups excluding carboxylic acids is 2. The largest absolute Gasteiger partial charge is 0.464 e. The number of anilines is 1. The van der Waals surface area contributed by atoms with Crippen LogP contribution in [0.5, 0.6) is 0 Å². The van der Waals surface area contributed by atoms with Gasteiger partial charge in [-0.2, -0.15) is 5.10 Å². The Kier molecular flexibility index (Phi) is 6.37. The van der Waals surface area contributed by atoms with Crippen molar-refractivity contribution < 1.29 is 27.2 Å². The van der Waals surface area contributed by atoms with Gasteiger partial charge in [0, 0.05) is 34.6 Å². The van der Waals surface area contributed by atoms with Crippen LogP contribution in [0.2, 0.25) is 0 Å². The van der Waals surface area contributed by atoms with Gasteiger partial charge in [-0.1, -0.05) is 12.1 Å². The second kappa shape index (κ2) is 9.65. The van der Waals surface area contributed by atoms with Crippen molar-refractivity contribution in [3.05, 3.63) is 87.6 Å². The summed E-state index contributed by atoms with van der Waals surface area (Å²) in [5, 5.41) is 7.67. The van der Waals surface area contributed by atoms with Crippen LogP contribution in [0.3, 0.4) is 0 Å². The first-order chi connectivity index (χ1) is 17.7. The Morgan fingerprint density at radius 1 is 1.05 bits per heavy atom. The smallest absolute Gasteiger partial charge is 0.291 e. The second-order valence-electron chi connectivity index (χ2n) is 9.20. The second-order valence-corrected chi connectivity index (χ2v) is 9.20. The van der Waals surface area contributed by atoms with Gasteiger partial charge in [-0.05, 0) is 56.9 Å². The molecule has 2 N–H and O–H groups in total. The zero-order valence-corrected chi connectivity index (χ0v) is 20.6. The minimum Gasteiger partial charge on any atom is -0.464 e. The molecule has 2 aromatic carbocycles. The first kappa shape index (κ1) is 24.4. The Morgan fingerprint density at radius 2 is 1.86 bits per heavy atom. The topological polar surface area (TPSA) is 96.8 Å². The highest BCUT2D eigenvalue weighted by Gasteiger charge is 2.28. The van der Waals surface area contributed by atoms with Gasteiger partial charge in [0.2, 0.25) is 5.91 Å². The number of rotatable bonds is 5. The number of halogens is 2. The molecule has 0 atom stereocenters. The van der Waals surface area contributed by atoms with E-state index in [2.05, 4.69) is 15.8 Å². The number of furan rings is 2. The number of benzene rings is 2. The standard InChI is InChI=1S/C28H25F2N3O4/c1-14-7-9-19-17(13-36-26(19)15(14)2)11-24(34)33-32-22-5-4-6-23-25(22)16(3)27(37-23)28(35)31-21-10-8-18(29)12-20(21)30/h7-10,12-13H,4-6,11H2,1-3H3,(H,31,35)(H,33,34)/b32-22+. The van der Waals surface area contributed by atoms with Gasteiger partial charge in [0.05, 0.1) is 24.1 Å². The third kappa shape index (κ3) is 4.64. The van der Waals surface area contributed by atoms with Crippen LogP contribution in [-0.4, -0.2) is 17.5 Å². The molecule has 0 saturated heterocycles. The molecule has 2 amide bonds. The van der Waals surface area contributed by atoms with Gasteiger partial charge >= 0.3 is 0 Å². The summed E-state index contributed by atoms with van der Waals surface area (Å²) < 4.78 is 38.7. The van der Waals surface area contributed by atoms with Crippen molar-refractivity contribution in [3.63, 3.8) is 0 Å². The summed E-state index contributed by atoms with van der Waals surface area (Å²) in [5.74, 6) is -1.99. The molecule has 1 aliphatic carbocycles. The molecule has 190 valence electrons. The van der Waals surface area contributed by atoms with Crippen LogP contribution in [-0.2, 0) is 17.6 Å². The molecule has 2 aromatic heterocycles. The van der Waals surface area contributed by atoms with E-state index in [4.69, 9.17) is 8.83 Å². The fourth-order valence-electron chi connectivity index (χ4n) is 4.63. The molecule has 2 heterocycles. The van der Waals surface area contributed by atoms with Crippen molar-refractivity contribution in [2.75, 3.05) is 5.32 Å². The number of carbonyl (C=O) groups is 2. The third-order valence-corrected chi connectivity index (χ3v) is 6.72. The Morgan fingerprint density at radius 3 is 2.65 bits per heavy atom. The maximum absolute atomic E-state index is 14.0. The van der Waals surface area contributed by atoms with Crippen LogP contribution >= 0.6 is 0 Å². The molecular weight excluding hydrogens is 480 g/mol. The molecule has 0 bridgehead atoms. The maximum Gasteiger partial charge on any atom is 0.291 e. The molecular formula is C28H25F2N3O4. The summed E-state index contributed by atoms with van der Waals surface area (Å²) in [6.07, 6.45) is 3.61. The number of nitrogens with one attached hydrogen (secondary N) is 2. The van der Waals surface area contributed by atoms with E-state index in [0.29, 0.717) is 41.5 Å². The number of hydrogen-bond acceptors (Lipinski definition) is 5. The van der Waals surface area contributed by atoms with Gasteiger partial charge in [-0.3, -0.25) is 9.59 Å². The number of hydrazone groups is 1. The van der Waals surface area contributed by atoms with E-state index in [-0.39, 0.29) is 23.8 Å². The maximum atomic E-state index is 14.0. The van der Waals surface area contributed by atoms with Crippen LogP contribution in [0.4, 0.5) is 14.5 Å². The van der Waals surface area contributed by atoms with Gasteiger partial charge in [-0.25, -0.2) is 14.2 Å². The Bertz CT molecular complexity index is 1580. The van der Waals surface area contributed by atoms with Crippen LogP contribution in [0.15, 0.2) is 50.5 Å². The van der Waals surface area contributed by atoms with Gasteiger partial charge in [0.15, 0.2) is 5.76 Å². The minimum absolute atomic E-state index is 0.0187. The lowest BCUT2D eigenvalue weighted by molar-refractivity contribution is -0.120. The van der Waals surface area contributed by atoms with Crippen molar-refractivity contribution in [1.82, 2.24) is 5.43 Å². The van der Waals surface area contributed by atoms with E-state index in [9.17, 15) is 18.4 Å². The molecule has 0 radical (unpaired) electrons. The van der Waals surface area contributed by atoms with Crippen molar-refractivity contribution >= 4 is 34.2 Å². The molecule has 1 aliphatic rings. The molecule has 0 unspecified atom stereocenters. The molecule has 0 fully saturated rings. The molecule has 5 rings (SSSR count). The van der Waals surface area contributed by atoms with Gasteiger partial charge in [0.1, 0.15) is 23.0 Å². The first-order valence-electron chi connectivity index (χ1n) is 11.9. The lowest BCUT2D eigenvalue weighted by Crippen LogP contribution is -2.23. The average Bonchev–Trinajstić information content (AvgIpc) is 3.43. The van der Waals surface area contributed by atoms with E-state index in [1.165, 1.54) is 0 Å². The quantitative estimate of drug-likeness (QED) is 0.331. The molecule has 0 aliphatic heterocycles. The fourth-order valence-corrected chi connectivity index (χ4v) is 4.63. The number of hydrogen-bond donors (Lipinski definition) is 2. The van der Waals surface area contributed by atoms with Crippen molar-refractivity contribution in [3.8, 4) is 0 Å². The van der Waals surface area contributed by atoms with Crippen LogP contribution in [0, 0.1) is 32.4 Å². The van der Waals surface area contributed by atoms with Crippen molar-refractivity contribution in [2.45, 2.75) is 46.5 Å². The third-order valence-electron chi connectivity index (χ3n) is 6.72. The normalized spacial score (nSPS) is 14.1. The van der Waals surface area contributed by atoms with Crippen LogP contribution < -0.4 is 10.7 Å². The number of aryl methyl sites for hydroxylation is 3. The molecule has 7 nitrogen and oxygen atoms in total. The molecule has 0 spiro atoms. The summed E-state index contributed by atoms with van der Waals surface area (Å²) in [7, 11) is 0. The summed E-state index contributed by atoms with van der Waals surface area (Å²) in [5.41, 5.74) is 7.96. The molecule has 0 saturated carbocycles. The summed E-state index contributed by atoms with van der Waals surface area (Å²) >= 11 is 0. The minimum atomic E-state index is -0.886. The zero-order chi connectivity index (χ0) is 26.3. The predicted octanol–water partition coefficient (Wildman–Crippen LogP) is 5.88. The molecule has 4 aromatic rings. The van der Waals surface area contributed by atoms with Gasteiger partial charge in [-0.15, -0.1) is 0 Å². The average molecular weight is 506 g/mol. The molecule has 37 heavy (non-hydrogen) atoms. The van der Waals surface area contributed by atoms with Gasteiger partial charge < -0.3 is 14.2 Å². The number of fused-ring (bicyclic) bond motifs is 2. The van der Waals surface area contributed by atoms with E-state index in [0.717, 1.165) is 46.2 Å². The lowest BCUT2D eigenvalue weighted by Gasteiger charge is -2.13. The van der Waals surface area contributed by atoms with E-state index >= 15 is 0 Å². The molecule has 9 heteroatoms. The summed E-state index contributed by atoms with van der Waals surface area (Å²) in [6, 6.07) is 6.84. The van der Waals surface area contributed by atoms with E-state index < -0.39 is 17.5 Å². The summed E-state index contributed by atoms with van der Waals surface area (Å²) in [6.45, 7) is 5.70. The van der Waals surface area contributed by atoms with Gasteiger partial charge in [0.25, 0.3) is 5.91 Å². The van der Waals surface area contributed by atoms with Crippen LogP contribution in [0.1, 0.15) is 57.0 Å². The number of nitrogens with zero attached hydrogens (tertiary/aromatic N) is 1. The van der Waals surface area contributed by atoms with Crippen molar-refractivity contribution in [2.24, 2.45) is 5.10 Å². The van der Waals surface area contributed by atoms with E-state index in [1.54, 1.807) is 13.2 Å². The SMILES string of the molecule is Cc1ccc2c(CC(=O)N/N=C3\CCCc4oc(C(=O)Nc5ccc(F)cc5F)c(C)c43)coc2c1C. The monoisotopic (exact) mass is 505 g/mol.